The van der Waals surface area contributed by atoms with Crippen molar-refractivity contribution in [2.24, 2.45) is 11.7 Å². The van der Waals surface area contributed by atoms with Gasteiger partial charge < -0.3 is 15.4 Å². The summed E-state index contributed by atoms with van der Waals surface area (Å²) >= 11 is 0. The summed E-state index contributed by atoms with van der Waals surface area (Å²) in [6.07, 6.45) is 6.49. The summed E-state index contributed by atoms with van der Waals surface area (Å²) in [5.74, 6) is -0.184. The molecule has 2 aliphatic rings. The van der Waals surface area contributed by atoms with Gasteiger partial charge in [-0.25, -0.2) is 0 Å². The Hall–Kier alpha value is -1.45. The smallest absolute Gasteiger partial charge is 0.222 e. The summed E-state index contributed by atoms with van der Waals surface area (Å²) in [4.78, 5) is 13.1. The van der Waals surface area contributed by atoms with Crippen LogP contribution in [0.4, 0.5) is 0 Å². The molecule has 0 aromatic carbocycles. The van der Waals surface area contributed by atoms with Crippen molar-refractivity contribution in [1.29, 1.82) is 0 Å². The molecular weight excluding hydrogens is 180 g/mol. The minimum Gasteiger partial charge on any atom is -0.497 e. The number of carbonyl (C=O) groups is 1. The maximum atomic E-state index is 11.0. The Kier molecular flexibility index (Phi) is 2.43. The Morgan fingerprint density at radius 1 is 1.64 bits per heavy atom. The van der Waals surface area contributed by atoms with Gasteiger partial charge in [-0.2, -0.15) is 0 Å². The molecule has 1 amide bonds. The van der Waals surface area contributed by atoms with E-state index in [4.69, 9.17) is 10.5 Å². The number of ether oxygens (including phenoxy) is 1. The van der Waals surface area contributed by atoms with E-state index >= 15 is 0 Å². The lowest BCUT2D eigenvalue weighted by Crippen LogP contribution is -2.27. The van der Waals surface area contributed by atoms with Crippen LogP contribution in [0, 0.1) is 5.92 Å². The highest BCUT2D eigenvalue weighted by atomic mass is 16.5. The van der Waals surface area contributed by atoms with E-state index in [2.05, 4.69) is 4.90 Å². The molecule has 0 radical (unpaired) electrons. The van der Waals surface area contributed by atoms with Crippen LogP contribution in [0.3, 0.4) is 0 Å². The van der Waals surface area contributed by atoms with Crippen LogP contribution in [0.2, 0.25) is 0 Å². The summed E-state index contributed by atoms with van der Waals surface area (Å²) in [6, 6.07) is 0. The number of nitrogens with two attached hydrogens (primary N) is 1. The van der Waals surface area contributed by atoms with Gasteiger partial charge in [0.2, 0.25) is 5.91 Å². The van der Waals surface area contributed by atoms with Crippen molar-refractivity contribution in [2.75, 3.05) is 19.7 Å². The number of hydrogen-bond acceptors (Lipinski definition) is 3. The normalized spacial score (nSPS) is 25.9. The molecule has 2 heterocycles. The number of allylic oxidation sites excluding steroid dienone is 1. The van der Waals surface area contributed by atoms with Crippen LogP contribution in [0.25, 0.3) is 0 Å². The second kappa shape index (κ2) is 3.74. The number of rotatable bonds is 2. The number of carbonyl (C=O) groups excluding carboxylic acids is 1. The Balaban J connectivity index is 1.98. The van der Waals surface area contributed by atoms with Gasteiger partial charge in [-0.3, -0.25) is 4.79 Å². The maximum absolute atomic E-state index is 11.0. The molecule has 1 fully saturated rings. The maximum Gasteiger partial charge on any atom is 0.222 e. The Morgan fingerprint density at radius 2 is 2.50 bits per heavy atom. The first-order valence-electron chi connectivity index (χ1n) is 4.80. The third kappa shape index (κ3) is 1.73. The summed E-state index contributed by atoms with van der Waals surface area (Å²) in [6.45, 7) is 2.26. The van der Waals surface area contributed by atoms with Gasteiger partial charge in [-0.05, 0) is 18.6 Å². The summed E-state index contributed by atoms with van der Waals surface area (Å²) in [7, 11) is 0. The van der Waals surface area contributed by atoms with Crippen LogP contribution in [0.5, 0.6) is 0 Å². The molecule has 4 heteroatoms. The fraction of sp³-hybridized carbons (Fsp3) is 0.500. The monoisotopic (exact) mass is 194 g/mol. The topological polar surface area (TPSA) is 55.6 Å². The minimum absolute atomic E-state index is 0.00662. The van der Waals surface area contributed by atoms with Crippen molar-refractivity contribution < 1.29 is 9.53 Å². The molecule has 2 N–H and O–H groups in total. The molecule has 0 aromatic rings. The van der Waals surface area contributed by atoms with Gasteiger partial charge in [0.05, 0.1) is 12.2 Å². The third-order valence-corrected chi connectivity index (χ3v) is 2.68. The molecule has 76 valence electrons. The van der Waals surface area contributed by atoms with Gasteiger partial charge in [0.25, 0.3) is 0 Å². The second-order valence-electron chi connectivity index (χ2n) is 3.60. The van der Waals surface area contributed by atoms with Gasteiger partial charge in [0, 0.05) is 18.8 Å². The van der Waals surface area contributed by atoms with E-state index in [-0.39, 0.29) is 11.8 Å². The Bertz CT molecular complexity index is 296. The number of amides is 1. The van der Waals surface area contributed by atoms with Crippen LogP contribution < -0.4 is 5.73 Å². The molecule has 0 spiro atoms. The molecular formula is C10H14N2O2. The van der Waals surface area contributed by atoms with Crippen molar-refractivity contribution in [3.8, 4) is 0 Å². The SMILES string of the molecule is NC(=O)C1CCN(C2=CCOC=C2)C1. The average molecular weight is 194 g/mol. The van der Waals surface area contributed by atoms with Crippen molar-refractivity contribution in [1.82, 2.24) is 4.90 Å². The molecule has 1 unspecified atom stereocenters. The first-order chi connectivity index (χ1) is 6.77. The van der Waals surface area contributed by atoms with Crippen LogP contribution in [-0.2, 0) is 9.53 Å². The zero-order valence-corrected chi connectivity index (χ0v) is 7.98. The van der Waals surface area contributed by atoms with Crippen LogP contribution >= 0.6 is 0 Å². The third-order valence-electron chi connectivity index (χ3n) is 2.68. The van der Waals surface area contributed by atoms with E-state index in [1.807, 2.05) is 12.2 Å². The highest BCUT2D eigenvalue weighted by Crippen LogP contribution is 2.21. The molecule has 1 atom stereocenters. The zero-order chi connectivity index (χ0) is 9.97. The molecule has 0 aliphatic carbocycles. The van der Waals surface area contributed by atoms with E-state index in [0.29, 0.717) is 6.61 Å². The summed E-state index contributed by atoms with van der Waals surface area (Å²) in [5, 5.41) is 0. The van der Waals surface area contributed by atoms with Crippen molar-refractivity contribution >= 4 is 5.91 Å². The lowest BCUT2D eigenvalue weighted by atomic mass is 10.1. The van der Waals surface area contributed by atoms with E-state index in [9.17, 15) is 4.79 Å². The van der Waals surface area contributed by atoms with Crippen molar-refractivity contribution in [3.63, 3.8) is 0 Å². The summed E-state index contributed by atoms with van der Waals surface area (Å²) < 4.78 is 5.06. The largest absolute Gasteiger partial charge is 0.497 e. The molecule has 0 aromatic heterocycles. The van der Waals surface area contributed by atoms with Crippen molar-refractivity contribution in [2.45, 2.75) is 6.42 Å². The molecule has 0 bridgehead atoms. The highest BCUT2D eigenvalue weighted by molar-refractivity contribution is 5.77. The number of likely N-dealkylation sites (tertiary alicyclic amines) is 1. The summed E-state index contributed by atoms with van der Waals surface area (Å²) in [5.41, 5.74) is 6.40. The lowest BCUT2D eigenvalue weighted by Gasteiger charge is -2.21. The Labute approximate surface area is 83.0 Å². The van der Waals surface area contributed by atoms with Gasteiger partial charge >= 0.3 is 0 Å². The first kappa shape index (κ1) is 9.12. The first-order valence-corrected chi connectivity index (χ1v) is 4.80. The number of nitrogens with zero attached hydrogens (tertiary/aromatic N) is 1. The average Bonchev–Trinajstić information content (AvgIpc) is 2.68. The van der Waals surface area contributed by atoms with Gasteiger partial charge in [-0.15, -0.1) is 0 Å². The Morgan fingerprint density at radius 3 is 3.07 bits per heavy atom. The molecule has 2 rings (SSSR count). The van der Waals surface area contributed by atoms with Crippen LogP contribution in [0.15, 0.2) is 24.1 Å². The van der Waals surface area contributed by atoms with Crippen LogP contribution in [-0.4, -0.2) is 30.5 Å². The predicted octanol–water partition coefficient (Wildman–Crippen LogP) is 0.221. The highest BCUT2D eigenvalue weighted by Gasteiger charge is 2.27. The second-order valence-corrected chi connectivity index (χ2v) is 3.60. The zero-order valence-electron chi connectivity index (χ0n) is 7.98. The van der Waals surface area contributed by atoms with Gasteiger partial charge in [0.15, 0.2) is 0 Å². The fourth-order valence-electron chi connectivity index (χ4n) is 1.84. The lowest BCUT2D eigenvalue weighted by molar-refractivity contribution is -0.121. The molecule has 14 heavy (non-hydrogen) atoms. The minimum atomic E-state index is -0.191. The van der Waals surface area contributed by atoms with E-state index in [0.717, 1.165) is 25.2 Å². The standard InChI is InChI=1S/C10H14N2O2/c11-10(13)8-1-4-12(7-8)9-2-5-14-6-3-9/h2-3,5,8H,1,4,6-7H2,(H2,11,13). The molecule has 2 aliphatic heterocycles. The van der Waals surface area contributed by atoms with Gasteiger partial charge in [-0.1, -0.05) is 0 Å². The van der Waals surface area contributed by atoms with Crippen molar-refractivity contribution in [3.05, 3.63) is 24.1 Å². The van der Waals surface area contributed by atoms with E-state index in [1.54, 1.807) is 6.26 Å². The number of hydrogen-bond donors (Lipinski definition) is 1. The van der Waals surface area contributed by atoms with Gasteiger partial charge in [0.1, 0.15) is 6.61 Å². The molecule has 4 nitrogen and oxygen atoms in total. The van der Waals surface area contributed by atoms with E-state index < -0.39 is 0 Å². The van der Waals surface area contributed by atoms with Crippen LogP contribution in [0.1, 0.15) is 6.42 Å². The molecule has 0 saturated carbocycles. The number of primary amides is 1. The fourth-order valence-corrected chi connectivity index (χ4v) is 1.84. The quantitative estimate of drug-likeness (QED) is 0.684. The predicted molar refractivity (Wildman–Crippen MR) is 52.0 cm³/mol. The molecule has 1 saturated heterocycles. The van der Waals surface area contributed by atoms with E-state index in [1.165, 1.54) is 0 Å².